The zero-order chi connectivity index (χ0) is 16.0. The Labute approximate surface area is 137 Å². The average Bonchev–Trinajstić information content (AvgIpc) is 3.25. The first kappa shape index (κ1) is 14.1. The van der Waals surface area contributed by atoms with Crippen LogP contribution in [0.5, 0.6) is 0 Å². The Kier molecular flexibility index (Phi) is 3.23. The van der Waals surface area contributed by atoms with Crippen molar-refractivity contribution in [3.63, 3.8) is 0 Å². The van der Waals surface area contributed by atoms with Crippen molar-refractivity contribution in [3.8, 4) is 16.3 Å². The maximum absolute atomic E-state index is 4.60. The van der Waals surface area contributed by atoms with Crippen LogP contribution < -0.4 is 0 Å². The van der Waals surface area contributed by atoms with Gasteiger partial charge < -0.3 is 0 Å². The van der Waals surface area contributed by atoms with E-state index in [2.05, 4.69) is 39.1 Å². The Morgan fingerprint density at radius 2 is 2.09 bits per heavy atom. The molecule has 0 radical (unpaired) electrons. The monoisotopic (exact) mass is 324 g/mol. The fraction of sp³-hybridized carbons (Fsp3) is 0.250. The van der Waals surface area contributed by atoms with Crippen LogP contribution in [0.1, 0.15) is 31.2 Å². The summed E-state index contributed by atoms with van der Waals surface area (Å²) < 4.78 is 1.82. The molecule has 0 spiro atoms. The standard InChI is InChI=1S/C16H16N6S/c1-9(2)15-14-11(6-17-7-13(14)19-20-15)12-8-22(21-10(12)3)16-18-4-5-23-16/h4-9H,1-3H3,(H,19,20). The summed E-state index contributed by atoms with van der Waals surface area (Å²) >= 11 is 1.56. The molecule has 0 aromatic carbocycles. The molecule has 0 amide bonds. The summed E-state index contributed by atoms with van der Waals surface area (Å²) in [6.45, 7) is 6.32. The van der Waals surface area contributed by atoms with E-state index in [1.165, 1.54) is 0 Å². The number of aromatic amines is 1. The van der Waals surface area contributed by atoms with Crippen LogP contribution in [0, 0.1) is 6.92 Å². The molecule has 6 nitrogen and oxygen atoms in total. The second kappa shape index (κ2) is 5.27. The zero-order valence-corrected chi connectivity index (χ0v) is 13.9. The van der Waals surface area contributed by atoms with Gasteiger partial charge in [-0.3, -0.25) is 10.1 Å². The highest BCUT2D eigenvalue weighted by Crippen LogP contribution is 2.34. The molecular weight excluding hydrogens is 308 g/mol. The first-order valence-electron chi connectivity index (χ1n) is 7.43. The largest absolute Gasteiger partial charge is 0.281 e. The summed E-state index contributed by atoms with van der Waals surface area (Å²) in [6.07, 6.45) is 7.48. The van der Waals surface area contributed by atoms with E-state index in [1.54, 1.807) is 23.7 Å². The predicted octanol–water partition coefficient (Wildman–Crippen LogP) is 3.70. The minimum absolute atomic E-state index is 0.357. The summed E-state index contributed by atoms with van der Waals surface area (Å²) in [7, 11) is 0. The van der Waals surface area contributed by atoms with Crippen molar-refractivity contribution >= 4 is 22.2 Å². The van der Waals surface area contributed by atoms with Gasteiger partial charge in [0, 0.05) is 46.2 Å². The summed E-state index contributed by atoms with van der Waals surface area (Å²) in [5, 5.41) is 16.1. The maximum atomic E-state index is 4.60. The van der Waals surface area contributed by atoms with Crippen molar-refractivity contribution in [3.05, 3.63) is 41.6 Å². The number of nitrogens with one attached hydrogen (secondary N) is 1. The highest BCUT2D eigenvalue weighted by atomic mass is 32.1. The minimum Gasteiger partial charge on any atom is -0.281 e. The molecule has 1 N–H and O–H groups in total. The van der Waals surface area contributed by atoms with Crippen LogP contribution in [-0.4, -0.2) is 29.9 Å². The number of pyridine rings is 1. The summed E-state index contributed by atoms with van der Waals surface area (Å²) in [6, 6.07) is 0. The van der Waals surface area contributed by atoms with Gasteiger partial charge in [-0.1, -0.05) is 13.8 Å². The Bertz CT molecular complexity index is 964. The van der Waals surface area contributed by atoms with Gasteiger partial charge in [-0.25, -0.2) is 9.67 Å². The first-order valence-corrected chi connectivity index (χ1v) is 8.31. The van der Waals surface area contributed by atoms with Gasteiger partial charge >= 0.3 is 0 Å². The van der Waals surface area contributed by atoms with Gasteiger partial charge in [0.2, 0.25) is 5.13 Å². The average molecular weight is 324 g/mol. The molecule has 0 aliphatic carbocycles. The molecule has 4 heterocycles. The van der Waals surface area contributed by atoms with E-state index in [-0.39, 0.29) is 0 Å². The number of aryl methyl sites for hydroxylation is 1. The number of rotatable bonds is 3. The molecule has 4 aromatic rings. The van der Waals surface area contributed by atoms with Crippen LogP contribution in [0.25, 0.3) is 27.2 Å². The molecule has 4 rings (SSSR count). The van der Waals surface area contributed by atoms with Crippen molar-refractivity contribution < 1.29 is 0 Å². The molecule has 0 saturated heterocycles. The van der Waals surface area contributed by atoms with Gasteiger partial charge in [0.05, 0.1) is 11.9 Å². The van der Waals surface area contributed by atoms with Crippen molar-refractivity contribution in [1.29, 1.82) is 0 Å². The summed E-state index contributed by atoms with van der Waals surface area (Å²) in [5.41, 5.74) is 5.07. The third-order valence-corrected chi connectivity index (χ3v) is 4.63. The second-order valence-corrected chi connectivity index (χ2v) is 6.63. The lowest BCUT2D eigenvalue weighted by atomic mass is 9.99. The lowest BCUT2D eigenvalue weighted by molar-refractivity contribution is 0.818. The van der Waals surface area contributed by atoms with Crippen LogP contribution in [0.2, 0.25) is 0 Å². The molecule has 116 valence electrons. The molecular formula is C16H16N6S. The molecule has 0 saturated carbocycles. The third-order valence-electron chi connectivity index (χ3n) is 3.87. The smallest absolute Gasteiger partial charge is 0.210 e. The van der Waals surface area contributed by atoms with Crippen LogP contribution in [0.3, 0.4) is 0 Å². The molecule has 0 bridgehead atoms. The number of thiazole rings is 1. The third kappa shape index (κ3) is 2.24. The number of nitrogens with zero attached hydrogens (tertiary/aromatic N) is 5. The van der Waals surface area contributed by atoms with E-state index in [9.17, 15) is 0 Å². The van der Waals surface area contributed by atoms with Crippen LogP contribution in [-0.2, 0) is 0 Å². The number of hydrogen-bond donors (Lipinski definition) is 1. The van der Waals surface area contributed by atoms with E-state index in [0.717, 1.165) is 38.5 Å². The van der Waals surface area contributed by atoms with Crippen molar-refractivity contribution in [1.82, 2.24) is 29.9 Å². The van der Waals surface area contributed by atoms with E-state index in [4.69, 9.17) is 0 Å². The van der Waals surface area contributed by atoms with Gasteiger partial charge in [0.25, 0.3) is 0 Å². The molecule has 0 atom stereocenters. The Morgan fingerprint density at radius 1 is 1.22 bits per heavy atom. The Balaban J connectivity index is 1.95. The molecule has 0 unspecified atom stereocenters. The van der Waals surface area contributed by atoms with Crippen LogP contribution >= 0.6 is 11.3 Å². The van der Waals surface area contributed by atoms with Gasteiger partial charge in [0.1, 0.15) is 5.52 Å². The quantitative estimate of drug-likeness (QED) is 0.623. The molecule has 23 heavy (non-hydrogen) atoms. The molecule has 4 aromatic heterocycles. The Hall–Kier alpha value is -2.54. The molecule has 7 heteroatoms. The second-order valence-electron chi connectivity index (χ2n) is 5.76. The van der Waals surface area contributed by atoms with Gasteiger partial charge in [-0.15, -0.1) is 11.3 Å². The lowest BCUT2D eigenvalue weighted by Crippen LogP contribution is -1.92. The van der Waals surface area contributed by atoms with E-state index in [1.807, 2.05) is 29.4 Å². The SMILES string of the molecule is Cc1nn(-c2nccs2)cc1-c1cncc2n[nH]c(C(C)C)c12. The van der Waals surface area contributed by atoms with E-state index >= 15 is 0 Å². The highest BCUT2D eigenvalue weighted by molar-refractivity contribution is 7.12. The number of hydrogen-bond acceptors (Lipinski definition) is 5. The molecule has 0 aliphatic heterocycles. The van der Waals surface area contributed by atoms with Crippen LogP contribution in [0.15, 0.2) is 30.2 Å². The number of H-pyrrole nitrogens is 1. The lowest BCUT2D eigenvalue weighted by Gasteiger charge is -2.06. The fourth-order valence-electron chi connectivity index (χ4n) is 2.77. The highest BCUT2D eigenvalue weighted by Gasteiger charge is 2.18. The minimum atomic E-state index is 0.357. The fourth-order valence-corrected chi connectivity index (χ4v) is 3.33. The summed E-state index contributed by atoms with van der Waals surface area (Å²) in [5.74, 6) is 0.357. The summed E-state index contributed by atoms with van der Waals surface area (Å²) in [4.78, 5) is 8.66. The van der Waals surface area contributed by atoms with Gasteiger partial charge in [0.15, 0.2) is 0 Å². The first-order chi connectivity index (χ1) is 11.1. The molecule has 0 aliphatic rings. The van der Waals surface area contributed by atoms with Crippen molar-refractivity contribution in [2.24, 2.45) is 0 Å². The van der Waals surface area contributed by atoms with E-state index < -0.39 is 0 Å². The zero-order valence-electron chi connectivity index (χ0n) is 13.1. The van der Waals surface area contributed by atoms with Crippen LogP contribution in [0.4, 0.5) is 0 Å². The van der Waals surface area contributed by atoms with E-state index in [0.29, 0.717) is 5.92 Å². The van der Waals surface area contributed by atoms with Crippen molar-refractivity contribution in [2.45, 2.75) is 26.7 Å². The number of aromatic nitrogens is 6. The van der Waals surface area contributed by atoms with Gasteiger partial charge in [-0.05, 0) is 12.8 Å². The van der Waals surface area contributed by atoms with Crippen molar-refractivity contribution in [2.75, 3.05) is 0 Å². The molecule has 0 fully saturated rings. The number of fused-ring (bicyclic) bond motifs is 1. The predicted molar refractivity (Wildman–Crippen MR) is 90.9 cm³/mol. The normalized spacial score (nSPS) is 11.7. The maximum Gasteiger partial charge on any atom is 0.210 e. The van der Waals surface area contributed by atoms with Gasteiger partial charge in [-0.2, -0.15) is 10.2 Å². The topological polar surface area (TPSA) is 72.3 Å². The Morgan fingerprint density at radius 3 is 2.83 bits per heavy atom.